The van der Waals surface area contributed by atoms with Crippen molar-refractivity contribution in [2.75, 3.05) is 40.4 Å². The highest BCUT2D eigenvalue weighted by Gasteiger charge is 2.36. The molecule has 0 radical (unpaired) electrons. The summed E-state index contributed by atoms with van der Waals surface area (Å²) >= 11 is 0. The molecule has 0 aromatic carbocycles. The van der Waals surface area contributed by atoms with Gasteiger partial charge in [0.05, 0.1) is 37.4 Å². The third-order valence-electron chi connectivity index (χ3n) is 4.53. The largest absolute Gasteiger partial charge is 0.444 e. The Morgan fingerprint density at radius 3 is 1.20 bits per heavy atom. The minimum absolute atomic E-state index is 0.0856. The molecule has 4 atom stereocenters. The molecule has 2 heterocycles. The Labute approximate surface area is 180 Å². The quantitative estimate of drug-likeness (QED) is 0.665. The summed E-state index contributed by atoms with van der Waals surface area (Å²) in [6.45, 7) is 13.1. The van der Waals surface area contributed by atoms with Crippen LogP contribution < -0.4 is 11.5 Å². The number of nitrogens with zero attached hydrogens (tertiary/aromatic N) is 2. The van der Waals surface area contributed by atoms with Crippen LogP contribution in [0.4, 0.5) is 9.59 Å². The Morgan fingerprint density at radius 1 is 0.700 bits per heavy atom. The first kappa shape index (κ1) is 26.4. The second-order valence-corrected chi connectivity index (χ2v) is 9.65. The molecule has 10 heteroatoms. The van der Waals surface area contributed by atoms with E-state index in [1.807, 2.05) is 41.5 Å². The standard InChI is InChI=1S/2C10H20N2O3/c2*1-10(2,3)15-9(13)12-5-7(11)8(6-12)14-4/h2*7-8H,5-6,11H2,1-4H3/t2*7-,8+/m10/s1. The third-order valence-corrected chi connectivity index (χ3v) is 4.53. The number of carbonyl (C=O) groups is 2. The number of hydrogen-bond donors (Lipinski definition) is 2. The van der Waals surface area contributed by atoms with Crippen molar-refractivity contribution in [1.82, 2.24) is 9.80 Å². The molecule has 0 bridgehead atoms. The van der Waals surface area contributed by atoms with Gasteiger partial charge in [-0.1, -0.05) is 0 Å². The number of likely N-dealkylation sites (tertiary alicyclic amines) is 2. The summed E-state index contributed by atoms with van der Waals surface area (Å²) in [5.41, 5.74) is 10.7. The van der Waals surface area contributed by atoms with E-state index in [4.69, 9.17) is 30.4 Å². The highest BCUT2D eigenvalue weighted by Crippen LogP contribution is 2.17. The van der Waals surface area contributed by atoms with Crippen molar-refractivity contribution in [3.8, 4) is 0 Å². The molecule has 0 aromatic heterocycles. The van der Waals surface area contributed by atoms with Crippen LogP contribution in [0.2, 0.25) is 0 Å². The van der Waals surface area contributed by atoms with Crippen LogP contribution in [-0.4, -0.2) is 97.9 Å². The molecule has 2 aliphatic heterocycles. The number of ether oxygens (including phenoxy) is 4. The fourth-order valence-electron chi connectivity index (χ4n) is 3.05. The average Bonchev–Trinajstić information content (AvgIpc) is 3.15. The predicted molar refractivity (Wildman–Crippen MR) is 113 cm³/mol. The lowest BCUT2D eigenvalue weighted by Gasteiger charge is -2.24. The maximum absolute atomic E-state index is 11.7. The molecule has 4 N–H and O–H groups in total. The normalized spacial score (nSPS) is 26.9. The maximum atomic E-state index is 11.7. The average molecular weight is 433 g/mol. The van der Waals surface area contributed by atoms with Crippen LogP contribution in [0.1, 0.15) is 41.5 Å². The highest BCUT2D eigenvalue weighted by atomic mass is 16.6. The zero-order chi connectivity index (χ0) is 23.3. The SMILES string of the molecule is CO[C@@H]1CN(C(=O)OC(C)(C)C)C[C@@H]1N.CO[C@H]1CN(C(=O)OC(C)(C)C)C[C@H]1N. The molecule has 0 unspecified atom stereocenters. The van der Waals surface area contributed by atoms with Crippen molar-refractivity contribution < 1.29 is 28.5 Å². The van der Waals surface area contributed by atoms with E-state index in [-0.39, 0.29) is 36.5 Å². The van der Waals surface area contributed by atoms with Gasteiger partial charge in [-0.3, -0.25) is 0 Å². The van der Waals surface area contributed by atoms with Gasteiger partial charge in [0.25, 0.3) is 0 Å². The molecule has 10 nitrogen and oxygen atoms in total. The van der Waals surface area contributed by atoms with E-state index >= 15 is 0 Å². The van der Waals surface area contributed by atoms with Crippen LogP contribution >= 0.6 is 0 Å². The first-order valence-electron chi connectivity index (χ1n) is 10.2. The molecule has 2 aliphatic rings. The molecule has 0 aromatic rings. The van der Waals surface area contributed by atoms with Crippen LogP contribution in [0.15, 0.2) is 0 Å². The molecule has 0 saturated carbocycles. The number of amides is 2. The molecule has 30 heavy (non-hydrogen) atoms. The molecule has 176 valence electrons. The summed E-state index contributed by atoms with van der Waals surface area (Å²) in [5.74, 6) is 0. The topological polar surface area (TPSA) is 130 Å². The van der Waals surface area contributed by atoms with Crippen LogP contribution in [-0.2, 0) is 18.9 Å². The second kappa shape index (κ2) is 10.6. The number of nitrogens with two attached hydrogens (primary N) is 2. The molecule has 2 saturated heterocycles. The zero-order valence-corrected chi connectivity index (χ0v) is 19.6. The lowest BCUT2D eigenvalue weighted by Crippen LogP contribution is -2.36. The first-order chi connectivity index (χ1) is 13.7. The van der Waals surface area contributed by atoms with Gasteiger partial charge in [0, 0.05) is 27.3 Å². The highest BCUT2D eigenvalue weighted by molar-refractivity contribution is 5.69. The summed E-state index contributed by atoms with van der Waals surface area (Å²) in [7, 11) is 3.20. The van der Waals surface area contributed by atoms with E-state index in [1.165, 1.54) is 0 Å². The fourth-order valence-corrected chi connectivity index (χ4v) is 3.05. The Hall–Kier alpha value is -1.62. The van der Waals surface area contributed by atoms with Gasteiger partial charge >= 0.3 is 12.2 Å². The number of hydrogen-bond acceptors (Lipinski definition) is 8. The summed E-state index contributed by atoms with van der Waals surface area (Å²) in [5, 5.41) is 0. The minimum Gasteiger partial charge on any atom is -0.444 e. The first-order valence-corrected chi connectivity index (χ1v) is 10.2. The third kappa shape index (κ3) is 8.63. The van der Waals surface area contributed by atoms with E-state index < -0.39 is 11.2 Å². The molecule has 2 rings (SSSR count). The van der Waals surface area contributed by atoms with E-state index in [2.05, 4.69) is 0 Å². The van der Waals surface area contributed by atoms with Gasteiger partial charge in [0.2, 0.25) is 0 Å². The van der Waals surface area contributed by atoms with Gasteiger partial charge in [-0.05, 0) is 41.5 Å². The van der Waals surface area contributed by atoms with Crippen molar-refractivity contribution in [3.05, 3.63) is 0 Å². The van der Waals surface area contributed by atoms with Gasteiger partial charge in [-0.15, -0.1) is 0 Å². The predicted octanol–water partition coefficient (Wildman–Crippen LogP) is 1.16. The molecular weight excluding hydrogens is 392 g/mol. The molecule has 0 spiro atoms. The Bertz CT molecular complexity index is 525. The second-order valence-electron chi connectivity index (χ2n) is 9.65. The van der Waals surface area contributed by atoms with Crippen LogP contribution in [0.5, 0.6) is 0 Å². The van der Waals surface area contributed by atoms with E-state index in [1.54, 1.807) is 24.0 Å². The van der Waals surface area contributed by atoms with E-state index in [0.29, 0.717) is 26.2 Å². The van der Waals surface area contributed by atoms with Gasteiger partial charge in [-0.25, -0.2) is 9.59 Å². The van der Waals surface area contributed by atoms with Gasteiger partial charge in [0.1, 0.15) is 11.2 Å². The molecule has 2 amide bonds. The molecule has 2 fully saturated rings. The van der Waals surface area contributed by atoms with E-state index in [9.17, 15) is 9.59 Å². The minimum atomic E-state index is -0.466. The van der Waals surface area contributed by atoms with Gasteiger partial charge < -0.3 is 40.2 Å². The molecule has 0 aliphatic carbocycles. The Balaban J connectivity index is 0.000000300. The summed E-state index contributed by atoms with van der Waals surface area (Å²) < 4.78 is 20.8. The van der Waals surface area contributed by atoms with Crippen LogP contribution in [0, 0.1) is 0 Å². The molecular formula is C20H40N4O6. The Morgan fingerprint density at radius 2 is 1.00 bits per heavy atom. The van der Waals surface area contributed by atoms with Crippen LogP contribution in [0.25, 0.3) is 0 Å². The zero-order valence-electron chi connectivity index (χ0n) is 19.6. The summed E-state index contributed by atoms with van der Waals surface area (Å²) in [6, 6.07) is -0.245. The van der Waals surface area contributed by atoms with Crippen molar-refractivity contribution in [1.29, 1.82) is 0 Å². The lowest BCUT2D eigenvalue weighted by atomic mass is 10.2. The van der Waals surface area contributed by atoms with Crippen LogP contribution in [0.3, 0.4) is 0 Å². The van der Waals surface area contributed by atoms with Crippen molar-refractivity contribution in [2.24, 2.45) is 11.5 Å². The van der Waals surface area contributed by atoms with Gasteiger partial charge in [0.15, 0.2) is 0 Å². The summed E-state index contributed by atoms with van der Waals surface area (Å²) in [4.78, 5) is 26.5. The Kier molecular flexibility index (Phi) is 9.34. The smallest absolute Gasteiger partial charge is 0.410 e. The summed E-state index contributed by atoms with van der Waals surface area (Å²) in [6.07, 6.45) is -0.815. The fraction of sp³-hybridized carbons (Fsp3) is 0.900. The van der Waals surface area contributed by atoms with Crippen molar-refractivity contribution in [3.63, 3.8) is 0 Å². The lowest BCUT2D eigenvalue weighted by molar-refractivity contribution is 0.0244. The number of rotatable bonds is 2. The van der Waals surface area contributed by atoms with Crippen molar-refractivity contribution in [2.45, 2.75) is 77.0 Å². The van der Waals surface area contributed by atoms with Gasteiger partial charge in [-0.2, -0.15) is 0 Å². The number of carbonyl (C=O) groups excluding carboxylic acids is 2. The maximum Gasteiger partial charge on any atom is 0.410 e. The van der Waals surface area contributed by atoms with E-state index in [0.717, 1.165) is 0 Å². The number of methoxy groups -OCH3 is 2. The monoisotopic (exact) mass is 432 g/mol. The van der Waals surface area contributed by atoms with Crippen molar-refractivity contribution >= 4 is 12.2 Å².